The highest BCUT2D eigenvalue weighted by Gasteiger charge is 2.33. The highest BCUT2D eigenvalue weighted by Crippen LogP contribution is 2.36. The number of aromatic carboxylic acids is 1. The van der Waals surface area contributed by atoms with Gasteiger partial charge in [0.05, 0.1) is 27.4 Å². The topological polar surface area (TPSA) is 79.7 Å². The Morgan fingerprint density at radius 3 is 2.73 bits per heavy atom. The van der Waals surface area contributed by atoms with Crippen LogP contribution < -0.4 is 9.64 Å². The van der Waals surface area contributed by atoms with Crippen LogP contribution in [0.15, 0.2) is 64.3 Å². The molecule has 3 aromatic rings. The summed E-state index contributed by atoms with van der Waals surface area (Å²) in [7, 11) is 0. The first-order valence-corrected chi connectivity index (χ1v) is 10.9. The number of anilines is 1. The molecule has 0 aliphatic carbocycles. The van der Waals surface area contributed by atoms with Gasteiger partial charge in [-0.15, -0.1) is 11.3 Å². The third kappa shape index (κ3) is 4.43. The van der Waals surface area contributed by atoms with Crippen LogP contribution in [-0.4, -0.2) is 26.3 Å². The number of carbonyl (C=O) groups excluding carboxylic acids is 1. The van der Waals surface area contributed by atoms with Gasteiger partial charge >= 0.3 is 5.97 Å². The molecule has 1 aliphatic rings. The Morgan fingerprint density at radius 1 is 1.23 bits per heavy atom. The summed E-state index contributed by atoms with van der Waals surface area (Å²) in [6.45, 7) is 0.400. The predicted molar refractivity (Wildman–Crippen MR) is 122 cm³/mol. The van der Waals surface area contributed by atoms with Crippen molar-refractivity contribution in [2.45, 2.75) is 6.61 Å². The number of benzene rings is 2. The molecule has 2 heterocycles. The van der Waals surface area contributed by atoms with Gasteiger partial charge < -0.3 is 9.84 Å². The highest BCUT2D eigenvalue weighted by atomic mass is 32.2. The molecular weight excluding hydrogens is 440 g/mol. The summed E-state index contributed by atoms with van der Waals surface area (Å²) in [4.78, 5) is 30.1. The molecule has 0 saturated carbocycles. The Kier molecular flexibility index (Phi) is 5.93. The average molecular weight is 455 g/mol. The van der Waals surface area contributed by atoms with E-state index in [4.69, 9.17) is 17.0 Å². The smallest absolute Gasteiger partial charge is 0.335 e. The Hall–Kier alpha value is -3.01. The molecule has 1 fully saturated rings. The van der Waals surface area contributed by atoms with E-state index in [1.807, 2.05) is 29.6 Å². The number of thioether (sulfide) groups is 1. The van der Waals surface area contributed by atoms with E-state index in [2.05, 4.69) is 4.98 Å². The first-order chi connectivity index (χ1) is 14.5. The Bertz CT molecular complexity index is 1140. The summed E-state index contributed by atoms with van der Waals surface area (Å²) in [6, 6.07) is 13.5. The molecule has 0 radical (unpaired) electrons. The van der Waals surface area contributed by atoms with Crippen LogP contribution in [0.1, 0.15) is 21.6 Å². The van der Waals surface area contributed by atoms with Crippen LogP contribution in [0.5, 0.6) is 5.75 Å². The number of carboxylic acid groups (broad SMARTS) is 1. The minimum atomic E-state index is -1.06. The molecule has 4 rings (SSSR count). The van der Waals surface area contributed by atoms with E-state index in [1.165, 1.54) is 40.1 Å². The monoisotopic (exact) mass is 454 g/mol. The van der Waals surface area contributed by atoms with Crippen molar-refractivity contribution in [2.75, 3.05) is 4.90 Å². The Labute approximate surface area is 185 Å². The molecule has 9 heteroatoms. The van der Waals surface area contributed by atoms with E-state index in [1.54, 1.807) is 23.7 Å². The van der Waals surface area contributed by atoms with E-state index in [9.17, 15) is 14.7 Å². The molecule has 0 spiro atoms. The summed E-state index contributed by atoms with van der Waals surface area (Å²) in [5.74, 6) is -0.635. The van der Waals surface area contributed by atoms with E-state index in [0.717, 1.165) is 11.3 Å². The first-order valence-electron chi connectivity index (χ1n) is 8.72. The molecule has 2 aromatic carbocycles. The van der Waals surface area contributed by atoms with Crippen molar-refractivity contribution in [1.82, 2.24) is 4.98 Å². The zero-order chi connectivity index (χ0) is 21.1. The van der Waals surface area contributed by atoms with Crippen LogP contribution in [0.2, 0.25) is 0 Å². The second-order valence-electron chi connectivity index (χ2n) is 6.21. The summed E-state index contributed by atoms with van der Waals surface area (Å²) in [5, 5.41) is 11.1. The lowest BCUT2D eigenvalue weighted by Crippen LogP contribution is -2.27. The van der Waals surface area contributed by atoms with E-state index in [0.29, 0.717) is 27.3 Å². The number of hydrogen-bond donors (Lipinski definition) is 1. The fourth-order valence-corrected chi connectivity index (χ4v) is 4.59. The summed E-state index contributed by atoms with van der Waals surface area (Å²) >= 11 is 8.05. The molecule has 0 bridgehead atoms. The molecule has 6 nitrogen and oxygen atoms in total. The van der Waals surface area contributed by atoms with Crippen molar-refractivity contribution in [3.8, 4) is 5.75 Å². The largest absolute Gasteiger partial charge is 0.487 e. The zero-order valence-corrected chi connectivity index (χ0v) is 17.8. The van der Waals surface area contributed by atoms with Crippen molar-refractivity contribution < 1.29 is 19.4 Å². The molecule has 150 valence electrons. The number of amides is 1. The van der Waals surface area contributed by atoms with Crippen LogP contribution in [0.4, 0.5) is 5.69 Å². The lowest BCUT2D eigenvalue weighted by Gasteiger charge is -2.14. The van der Waals surface area contributed by atoms with Crippen molar-refractivity contribution >= 4 is 63.3 Å². The summed E-state index contributed by atoms with van der Waals surface area (Å²) in [5.41, 5.74) is 4.00. The van der Waals surface area contributed by atoms with Crippen LogP contribution in [0.25, 0.3) is 6.08 Å². The minimum absolute atomic E-state index is 0.0961. The SMILES string of the molecule is O=C(O)c1cccc(N2C(=O)/C(=C\c3ccc(OCc4cscn4)cc3)SC2=S)c1. The third-order valence-corrected chi connectivity index (χ3v) is 6.13. The lowest BCUT2D eigenvalue weighted by atomic mass is 10.1. The van der Waals surface area contributed by atoms with Gasteiger partial charge in [-0.25, -0.2) is 9.78 Å². The molecule has 1 saturated heterocycles. The average Bonchev–Trinajstić information content (AvgIpc) is 3.35. The van der Waals surface area contributed by atoms with Gasteiger partial charge in [0.25, 0.3) is 5.91 Å². The van der Waals surface area contributed by atoms with Gasteiger partial charge in [0.2, 0.25) is 0 Å². The molecule has 0 atom stereocenters. The van der Waals surface area contributed by atoms with E-state index >= 15 is 0 Å². The number of ether oxygens (including phenoxy) is 1. The number of hydrogen-bond acceptors (Lipinski definition) is 7. The van der Waals surface area contributed by atoms with Gasteiger partial charge in [0.1, 0.15) is 12.4 Å². The van der Waals surface area contributed by atoms with Crippen molar-refractivity contribution in [3.05, 3.63) is 81.1 Å². The highest BCUT2D eigenvalue weighted by molar-refractivity contribution is 8.27. The van der Waals surface area contributed by atoms with Gasteiger partial charge in [-0.1, -0.05) is 42.2 Å². The fourth-order valence-electron chi connectivity index (χ4n) is 2.75. The molecule has 30 heavy (non-hydrogen) atoms. The first kappa shape index (κ1) is 20.3. The summed E-state index contributed by atoms with van der Waals surface area (Å²) < 4.78 is 6.05. The van der Waals surface area contributed by atoms with Crippen LogP contribution in [0.3, 0.4) is 0 Å². The maximum Gasteiger partial charge on any atom is 0.335 e. The van der Waals surface area contributed by atoms with Crippen LogP contribution in [0, 0.1) is 0 Å². The number of rotatable bonds is 6. The molecule has 0 unspecified atom stereocenters. The van der Waals surface area contributed by atoms with Gasteiger partial charge in [0, 0.05) is 5.38 Å². The second kappa shape index (κ2) is 8.78. The maximum atomic E-state index is 12.9. The number of thiazole rings is 1. The summed E-state index contributed by atoms with van der Waals surface area (Å²) in [6.07, 6.45) is 1.75. The Balaban J connectivity index is 1.49. The lowest BCUT2D eigenvalue weighted by molar-refractivity contribution is -0.113. The van der Waals surface area contributed by atoms with Crippen molar-refractivity contribution in [1.29, 1.82) is 0 Å². The van der Waals surface area contributed by atoms with Crippen molar-refractivity contribution in [3.63, 3.8) is 0 Å². The molecule has 1 N–H and O–H groups in total. The number of aromatic nitrogens is 1. The molecule has 1 aliphatic heterocycles. The van der Waals surface area contributed by atoms with Crippen LogP contribution in [-0.2, 0) is 11.4 Å². The number of nitrogens with zero attached hydrogens (tertiary/aromatic N) is 2. The van der Waals surface area contributed by atoms with Crippen molar-refractivity contribution in [2.24, 2.45) is 0 Å². The number of carbonyl (C=O) groups is 2. The quantitative estimate of drug-likeness (QED) is 0.422. The zero-order valence-electron chi connectivity index (χ0n) is 15.3. The Morgan fingerprint density at radius 2 is 2.03 bits per heavy atom. The third-order valence-electron chi connectivity index (χ3n) is 4.19. The normalized spacial score (nSPS) is 15.1. The van der Waals surface area contributed by atoms with Gasteiger partial charge in [-0.3, -0.25) is 9.69 Å². The second-order valence-corrected chi connectivity index (χ2v) is 8.60. The van der Waals surface area contributed by atoms with E-state index in [-0.39, 0.29) is 11.5 Å². The van der Waals surface area contributed by atoms with Gasteiger partial charge in [-0.05, 0) is 42.0 Å². The molecule has 1 amide bonds. The predicted octanol–water partition coefficient (Wildman–Crippen LogP) is 4.83. The molecule has 1 aromatic heterocycles. The molecular formula is C21H14N2O4S3. The number of thiocarbonyl (C=S) groups is 1. The maximum absolute atomic E-state index is 12.9. The van der Waals surface area contributed by atoms with Gasteiger partial charge in [0.15, 0.2) is 4.32 Å². The van der Waals surface area contributed by atoms with E-state index < -0.39 is 5.97 Å². The number of carboxylic acids is 1. The van der Waals surface area contributed by atoms with Crippen LogP contribution >= 0.6 is 35.3 Å². The fraction of sp³-hybridized carbons (Fsp3) is 0.0476. The minimum Gasteiger partial charge on any atom is -0.487 e. The van der Waals surface area contributed by atoms with Gasteiger partial charge in [-0.2, -0.15) is 0 Å². The standard InChI is InChI=1S/C21H14N2O4S3/c24-19-18(30-21(28)23(19)16-3-1-2-14(9-16)20(25)26)8-13-4-6-17(7-5-13)27-10-15-11-29-12-22-15/h1-9,11-12H,10H2,(H,25,26)/b18-8+.